The molecule has 0 fully saturated rings. The van der Waals surface area contributed by atoms with Gasteiger partial charge in [-0.15, -0.1) is 0 Å². The molecule has 2 rings (SSSR count). The number of carbonyl (C=O) groups excluding carboxylic acids is 1. The van der Waals surface area contributed by atoms with E-state index in [0.717, 1.165) is 0 Å². The van der Waals surface area contributed by atoms with Crippen LogP contribution in [-0.4, -0.2) is 17.0 Å². The van der Waals surface area contributed by atoms with Crippen LogP contribution in [-0.2, 0) is 4.57 Å². The predicted octanol–water partition coefficient (Wildman–Crippen LogP) is 3.19. The summed E-state index contributed by atoms with van der Waals surface area (Å²) in [6.07, 6.45) is 0. The van der Waals surface area contributed by atoms with E-state index < -0.39 is 20.6 Å². The van der Waals surface area contributed by atoms with Crippen molar-refractivity contribution in [2.24, 2.45) is 0 Å². The van der Waals surface area contributed by atoms with Crippen LogP contribution in [0.25, 0.3) is 0 Å². The van der Waals surface area contributed by atoms with Gasteiger partial charge in [-0.25, -0.2) is 14.2 Å². The van der Waals surface area contributed by atoms with Gasteiger partial charge in [-0.2, -0.15) is 0 Å². The molecule has 0 amide bonds. The van der Waals surface area contributed by atoms with E-state index in [0.29, 0.717) is 0 Å². The molecule has 0 saturated carbocycles. The molecule has 7 heteroatoms. The van der Waals surface area contributed by atoms with Gasteiger partial charge in [0.2, 0.25) is 0 Å². The van der Waals surface area contributed by atoms with Gasteiger partial charge in [0, 0.05) is 0 Å². The first-order valence-corrected chi connectivity index (χ1v) is 6.48. The molecule has 0 heterocycles. The highest BCUT2D eigenvalue weighted by Gasteiger charge is 2.11. The van der Waals surface area contributed by atoms with Gasteiger partial charge in [-0.3, -0.25) is 0 Å². The van der Waals surface area contributed by atoms with Crippen LogP contribution in [0.15, 0.2) is 48.5 Å². The monoisotopic (exact) mass is 304 g/mol. The molecule has 0 radical (unpaired) electrons. The first kappa shape index (κ1) is 14.7. The standard InChI is InChI=1S/C14H9O6P/c15-13(16)9-3-1-5-11(7-9)19-14(17)10-4-2-6-12(8-10)20-21-18/h1-8H,(H,15,16). The van der Waals surface area contributed by atoms with Crippen LogP contribution in [0.3, 0.4) is 0 Å². The van der Waals surface area contributed by atoms with E-state index in [1.807, 2.05) is 0 Å². The Morgan fingerprint density at radius 2 is 1.57 bits per heavy atom. The number of esters is 1. The second-order valence-electron chi connectivity index (χ2n) is 3.92. The van der Waals surface area contributed by atoms with E-state index in [2.05, 4.69) is 0 Å². The van der Waals surface area contributed by atoms with Gasteiger partial charge in [0.25, 0.3) is 0 Å². The predicted molar refractivity (Wildman–Crippen MR) is 73.0 cm³/mol. The molecule has 0 aliphatic rings. The topological polar surface area (TPSA) is 89.9 Å². The number of carboxylic acid groups (broad SMARTS) is 1. The number of carbonyl (C=O) groups is 2. The fraction of sp³-hybridized carbons (Fsp3) is 0. The summed E-state index contributed by atoms with van der Waals surface area (Å²) < 4.78 is 20.2. The minimum Gasteiger partial charge on any atom is -0.478 e. The summed E-state index contributed by atoms with van der Waals surface area (Å²) >= 11 is 0. The molecule has 0 bridgehead atoms. The number of hydrogen-bond acceptors (Lipinski definition) is 5. The molecule has 0 aliphatic carbocycles. The van der Waals surface area contributed by atoms with Crippen molar-refractivity contribution in [3.05, 3.63) is 59.7 Å². The first-order chi connectivity index (χ1) is 10.1. The molecule has 0 atom stereocenters. The highest BCUT2D eigenvalue weighted by molar-refractivity contribution is 7.17. The molecule has 1 N–H and O–H groups in total. The molecule has 2 aromatic rings. The Balaban J connectivity index is 2.17. The molecule has 21 heavy (non-hydrogen) atoms. The van der Waals surface area contributed by atoms with Gasteiger partial charge < -0.3 is 14.4 Å². The maximum absolute atomic E-state index is 11.9. The van der Waals surface area contributed by atoms with Crippen LogP contribution < -0.4 is 9.26 Å². The Hall–Kier alpha value is -2.72. The lowest BCUT2D eigenvalue weighted by molar-refractivity contribution is 0.0687. The molecule has 0 unspecified atom stereocenters. The van der Waals surface area contributed by atoms with Gasteiger partial charge in [0.15, 0.2) is 0 Å². The van der Waals surface area contributed by atoms with Crippen molar-refractivity contribution in [3.63, 3.8) is 0 Å². The number of benzene rings is 2. The molecule has 6 nitrogen and oxygen atoms in total. The summed E-state index contributed by atoms with van der Waals surface area (Å²) in [5.74, 6) is -1.42. The largest absolute Gasteiger partial charge is 0.478 e. The first-order valence-electron chi connectivity index (χ1n) is 5.75. The highest BCUT2D eigenvalue weighted by Crippen LogP contribution is 2.19. The Bertz CT molecular complexity index is 697. The fourth-order valence-corrected chi connectivity index (χ4v) is 1.78. The minimum atomic E-state index is -1.11. The minimum absolute atomic E-state index is 0.0162. The summed E-state index contributed by atoms with van der Waals surface area (Å²) in [7, 11) is -0.528. The molecule has 106 valence electrons. The normalized spacial score (nSPS) is 10.1. The smallest absolute Gasteiger partial charge is 0.395 e. The van der Waals surface area contributed by atoms with Crippen molar-refractivity contribution >= 4 is 20.6 Å². The third kappa shape index (κ3) is 3.87. The summed E-state index contributed by atoms with van der Waals surface area (Å²) in [6.45, 7) is 0. The van der Waals surface area contributed by atoms with E-state index in [1.165, 1.54) is 42.5 Å². The number of rotatable bonds is 5. The van der Waals surface area contributed by atoms with E-state index in [-0.39, 0.29) is 22.6 Å². The second-order valence-corrected chi connectivity index (χ2v) is 4.25. The average Bonchev–Trinajstić information content (AvgIpc) is 2.48. The molecular weight excluding hydrogens is 295 g/mol. The average molecular weight is 304 g/mol. The number of aromatic carboxylic acids is 1. The Morgan fingerprint density at radius 3 is 2.24 bits per heavy atom. The Labute approximate surface area is 121 Å². The van der Waals surface area contributed by atoms with E-state index in [1.54, 1.807) is 6.07 Å². The maximum Gasteiger partial charge on any atom is 0.395 e. The van der Waals surface area contributed by atoms with Crippen LogP contribution in [0.1, 0.15) is 20.7 Å². The van der Waals surface area contributed by atoms with Crippen LogP contribution >= 0.6 is 8.69 Å². The van der Waals surface area contributed by atoms with Crippen LogP contribution in [0, 0.1) is 0 Å². The van der Waals surface area contributed by atoms with Crippen molar-refractivity contribution in [2.75, 3.05) is 0 Å². The van der Waals surface area contributed by atoms with Crippen LogP contribution in [0.5, 0.6) is 11.5 Å². The third-order valence-corrected chi connectivity index (χ3v) is 2.79. The summed E-state index contributed by atoms with van der Waals surface area (Å²) in [5.41, 5.74) is 0.208. The maximum atomic E-state index is 11.9. The molecule has 0 saturated heterocycles. The number of hydrogen-bond donors (Lipinski definition) is 1. The summed E-state index contributed by atoms with van der Waals surface area (Å²) in [4.78, 5) is 22.8. The van der Waals surface area contributed by atoms with Gasteiger partial charge in [-0.05, 0) is 36.4 Å². The molecule has 0 aromatic heterocycles. The summed E-state index contributed by atoms with van der Waals surface area (Å²) in [6, 6.07) is 11.5. The van der Waals surface area contributed by atoms with E-state index in [4.69, 9.17) is 14.4 Å². The van der Waals surface area contributed by atoms with Gasteiger partial charge in [0.05, 0.1) is 11.1 Å². The van der Waals surface area contributed by atoms with Crippen molar-refractivity contribution < 1.29 is 28.5 Å². The SMILES string of the molecule is O=POc1cccc(C(=O)Oc2cccc(C(=O)O)c2)c1. The number of carboxylic acids is 1. The van der Waals surface area contributed by atoms with E-state index >= 15 is 0 Å². The van der Waals surface area contributed by atoms with Crippen molar-refractivity contribution in [2.45, 2.75) is 0 Å². The Morgan fingerprint density at radius 1 is 0.952 bits per heavy atom. The quantitative estimate of drug-likeness (QED) is 0.518. The van der Waals surface area contributed by atoms with Crippen LogP contribution in [0.2, 0.25) is 0 Å². The Kier molecular flexibility index (Phi) is 4.64. The third-order valence-electron chi connectivity index (χ3n) is 2.50. The van der Waals surface area contributed by atoms with Gasteiger partial charge >= 0.3 is 20.6 Å². The van der Waals surface area contributed by atoms with Crippen molar-refractivity contribution in [1.82, 2.24) is 0 Å². The zero-order valence-corrected chi connectivity index (χ0v) is 11.4. The fourth-order valence-electron chi connectivity index (χ4n) is 1.58. The van der Waals surface area contributed by atoms with E-state index in [9.17, 15) is 14.2 Å². The molecule has 0 spiro atoms. The van der Waals surface area contributed by atoms with Crippen LogP contribution in [0.4, 0.5) is 0 Å². The molecule has 0 aliphatic heterocycles. The zero-order chi connectivity index (χ0) is 15.2. The van der Waals surface area contributed by atoms with Crippen molar-refractivity contribution in [1.29, 1.82) is 0 Å². The lowest BCUT2D eigenvalue weighted by atomic mass is 10.2. The molecule has 2 aromatic carbocycles. The zero-order valence-electron chi connectivity index (χ0n) is 10.6. The van der Waals surface area contributed by atoms with Gasteiger partial charge in [0.1, 0.15) is 11.5 Å². The molecular formula is C14H9O6P. The lowest BCUT2D eigenvalue weighted by Crippen LogP contribution is -2.09. The second kappa shape index (κ2) is 6.63. The number of ether oxygens (including phenoxy) is 1. The highest BCUT2D eigenvalue weighted by atomic mass is 31.1. The van der Waals surface area contributed by atoms with Crippen molar-refractivity contribution in [3.8, 4) is 11.5 Å². The lowest BCUT2D eigenvalue weighted by Gasteiger charge is -2.06. The summed E-state index contributed by atoms with van der Waals surface area (Å²) in [5, 5.41) is 8.87. The van der Waals surface area contributed by atoms with Gasteiger partial charge in [-0.1, -0.05) is 12.1 Å².